The first kappa shape index (κ1) is 15.3. The van der Waals surface area contributed by atoms with Crippen molar-refractivity contribution >= 4 is 5.69 Å². The number of anilines is 1. The van der Waals surface area contributed by atoms with E-state index in [1.165, 1.54) is 18.9 Å². The monoisotopic (exact) mass is 281 g/mol. The normalized spacial score (nSPS) is 17.9. The zero-order valence-electron chi connectivity index (χ0n) is 12.5. The number of hydrogen-bond donors (Lipinski definition) is 1. The third-order valence-corrected chi connectivity index (χ3v) is 4.09. The number of methoxy groups -OCH3 is 1. The van der Waals surface area contributed by atoms with Gasteiger partial charge in [-0.3, -0.25) is 0 Å². The van der Waals surface area contributed by atoms with Gasteiger partial charge in [0.1, 0.15) is 5.82 Å². The summed E-state index contributed by atoms with van der Waals surface area (Å²) in [5, 5.41) is 9.91. The van der Waals surface area contributed by atoms with Crippen molar-refractivity contribution in [1.29, 1.82) is 0 Å². The maximum Gasteiger partial charge on any atom is 0.146 e. The van der Waals surface area contributed by atoms with Gasteiger partial charge in [-0.1, -0.05) is 12.1 Å². The molecular formula is C16H24FNO2. The van der Waals surface area contributed by atoms with Crippen molar-refractivity contribution in [2.75, 3.05) is 25.2 Å². The Labute approximate surface area is 120 Å². The zero-order valence-corrected chi connectivity index (χ0v) is 12.5. The van der Waals surface area contributed by atoms with Crippen LogP contribution in [0.4, 0.5) is 10.1 Å². The Hall–Kier alpha value is -1.13. The van der Waals surface area contributed by atoms with Gasteiger partial charge in [0.25, 0.3) is 0 Å². The molecular weight excluding hydrogens is 257 g/mol. The molecule has 1 aliphatic rings. The Bertz CT molecular complexity index is 446. The Balaban J connectivity index is 2.35. The van der Waals surface area contributed by atoms with Crippen LogP contribution in [0.1, 0.15) is 38.4 Å². The number of rotatable bonds is 7. The lowest BCUT2D eigenvalue weighted by molar-refractivity contribution is 0.195. The van der Waals surface area contributed by atoms with E-state index in [2.05, 4.69) is 11.8 Å². The fourth-order valence-electron chi connectivity index (χ4n) is 2.71. The van der Waals surface area contributed by atoms with Crippen LogP contribution in [0.5, 0.6) is 0 Å². The van der Waals surface area contributed by atoms with Crippen LogP contribution in [-0.2, 0) is 4.74 Å². The van der Waals surface area contributed by atoms with Crippen LogP contribution in [0.25, 0.3) is 0 Å². The van der Waals surface area contributed by atoms with Gasteiger partial charge in [0.05, 0.1) is 18.4 Å². The van der Waals surface area contributed by atoms with Crippen LogP contribution in [0, 0.1) is 11.7 Å². The molecule has 0 aliphatic heterocycles. The topological polar surface area (TPSA) is 32.7 Å². The molecule has 0 saturated heterocycles. The highest BCUT2D eigenvalue weighted by molar-refractivity contribution is 5.56. The van der Waals surface area contributed by atoms with Crippen molar-refractivity contribution in [1.82, 2.24) is 0 Å². The second-order valence-corrected chi connectivity index (χ2v) is 5.62. The fraction of sp³-hybridized carbons (Fsp3) is 0.625. The summed E-state index contributed by atoms with van der Waals surface area (Å²) in [6, 6.07) is 5.17. The van der Waals surface area contributed by atoms with Crippen molar-refractivity contribution in [3.63, 3.8) is 0 Å². The maximum absolute atomic E-state index is 14.3. The summed E-state index contributed by atoms with van der Waals surface area (Å²) in [5.41, 5.74) is 1.17. The van der Waals surface area contributed by atoms with E-state index in [9.17, 15) is 9.50 Å². The van der Waals surface area contributed by atoms with Crippen molar-refractivity contribution in [2.45, 2.75) is 38.8 Å². The summed E-state index contributed by atoms with van der Waals surface area (Å²) < 4.78 is 19.5. The molecule has 1 N–H and O–H groups in total. The molecule has 4 heteroatoms. The average Bonchev–Trinajstić information content (AvgIpc) is 3.24. The summed E-state index contributed by atoms with van der Waals surface area (Å²) in [5.74, 6) is 0.348. The van der Waals surface area contributed by atoms with Crippen LogP contribution < -0.4 is 4.90 Å². The second kappa shape index (κ2) is 6.55. The number of hydrogen-bond acceptors (Lipinski definition) is 3. The molecule has 2 atom stereocenters. The molecule has 0 spiro atoms. The van der Waals surface area contributed by atoms with Crippen LogP contribution in [0.15, 0.2) is 18.2 Å². The first-order valence-electron chi connectivity index (χ1n) is 7.28. The van der Waals surface area contributed by atoms with Gasteiger partial charge in [-0.15, -0.1) is 0 Å². The molecule has 0 radical (unpaired) electrons. The molecule has 0 amide bonds. The number of aliphatic hydroxyl groups excluding tert-OH is 1. The van der Waals surface area contributed by atoms with E-state index in [0.29, 0.717) is 30.3 Å². The Morgan fingerprint density at radius 1 is 1.40 bits per heavy atom. The van der Waals surface area contributed by atoms with E-state index in [-0.39, 0.29) is 11.9 Å². The minimum Gasteiger partial charge on any atom is -0.389 e. The maximum atomic E-state index is 14.3. The lowest BCUT2D eigenvalue weighted by Crippen LogP contribution is -2.38. The zero-order chi connectivity index (χ0) is 14.7. The second-order valence-electron chi connectivity index (χ2n) is 5.62. The van der Waals surface area contributed by atoms with Gasteiger partial charge in [0.2, 0.25) is 0 Å². The fourth-order valence-corrected chi connectivity index (χ4v) is 2.71. The summed E-state index contributed by atoms with van der Waals surface area (Å²) in [4.78, 5) is 2.05. The van der Waals surface area contributed by atoms with Crippen LogP contribution >= 0.6 is 0 Å². The van der Waals surface area contributed by atoms with E-state index < -0.39 is 6.10 Å². The number of para-hydroxylation sites is 1. The minimum atomic E-state index is -0.683. The van der Waals surface area contributed by atoms with Crippen molar-refractivity contribution < 1.29 is 14.2 Å². The number of halogens is 1. The Morgan fingerprint density at radius 3 is 2.65 bits per heavy atom. The summed E-state index contributed by atoms with van der Waals surface area (Å²) in [7, 11) is 1.65. The Morgan fingerprint density at radius 2 is 2.10 bits per heavy atom. The molecule has 0 aromatic heterocycles. The van der Waals surface area contributed by atoms with E-state index in [1.54, 1.807) is 26.2 Å². The van der Waals surface area contributed by atoms with Crippen molar-refractivity contribution in [2.24, 2.45) is 5.92 Å². The number of ether oxygens (including phenoxy) is 1. The molecule has 2 rings (SSSR count). The lowest BCUT2D eigenvalue weighted by atomic mass is 10.0. The van der Waals surface area contributed by atoms with E-state index >= 15 is 0 Å². The standard InChI is InChI=1S/C16H24FNO2/c1-11(13-7-8-13)18(9-10-20-3)16-14(12(2)19)5-4-6-15(16)17/h4-6,11-13,19H,7-10H2,1-3H3/t11?,12-/m1/s1. The molecule has 0 bridgehead atoms. The van der Waals surface area contributed by atoms with Crippen LogP contribution in [0.3, 0.4) is 0 Å². The SMILES string of the molecule is COCCN(c1c(F)cccc1[C@@H](C)O)C(C)C1CC1. The van der Waals surface area contributed by atoms with E-state index in [1.807, 2.05) is 0 Å². The molecule has 0 heterocycles. The highest BCUT2D eigenvalue weighted by atomic mass is 19.1. The number of benzene rings is 1. The summed E-state index contributed by atoms with van der Waals surface area (Å²) >= 11 is 0. The molecule has 1 aliphatic carbocycles. The molecule has 1 saturated carbocycles. The van der Waals surface area contributed by atoms with Gasteiger partial charge in [-0.05, 0) is 38.7 Å². The number of nitrogens with zero attached hydrogens (tertiary/aromatic N) is 1. The molecule has 3 nitrogen and oxygen atoms in total. The van der Waals surface area contributed by atoms with Gasteiger partial charge >= 0.3 is 0 Å². The number of aliphatic hydroxyl groups is 1. The average molecular weight is 281 g/mol. The van der Waals surface area contributed by atoms with Gasteiger partial charge in [0.15, 0.2) is 0 Å². The third kappa shape index (κ3) is 3.30. The third-order valence-electron chi connectivity index (χ3n) is 4.09. The predicted octanol–water partition coefficient (Wildman–Crippen LogP) is 3.13. The highest BCUT2D eigenvalue weighted by Gasteiger charge is 2.34. The smallest absolute Gasteiger partial charge is 0.146 e. The van der Waals surface area contributed by atoms with Crippen LogP contribution in [-0.4, -0.2) is 31.4 Å². The molecule has 1 fully saturated rings. The first-order chi connectivity index (χ1) is 9.56. The Kier molecular flexibility index (Phi) is 5.00. The largest absolute Gasteiger partial charge is 0.389 e. The predicted molar refractivity (Wildman–Crippen MR) is 78.4 cm³/mol. The molecule has 112 valence electrons. The lowest BCUT2D eigenvalue weighted by Gasteiger charge is -2.34. The van der Waals surface area contributed by atoms with Gasteiger partial charge in [-0.25, -0.2) is 4.39 Å². The molecule has 1 unspecified atom stereocenters. The van der Waals surface area contributed by atoms with Gasteiger partial charge in [-0.2, -0.15) is 0 Å². The minimum absolute atomic E-state index is 0.263. The highest BCUT2D eigenvalue weighted by Crippen LogP contribution is 2.39. The van der Waals surface area contributed by atoms with Crippen molar-refractivity contribution in [3.8, 4) is 0 Å². The molecule has 1 aromatic rings. The van der Waals surface area contributed by atoms with E-state index in [4.69, 9.17) is 4.74 Å². The summed E-state index contributed by atoms with van der Waals surface area (Å²) in [6.07, 6.45) is 1.71. The first-order valence-corrected chi connectivity index (χ1v) is 7.28. The quantitative estimate of drug-likeness (QED) is 0.833. The molecule has 1 aromatic carbocycles. The van der Waals surface area contributed by atoms with Crippen molar-refractivity contribution in [3.05, 3.63) is 29.6 Å². The summed E-state index contributed by atoms with van der Waals surface area (Å²) in [6.45, 7) is 4.99. The van der Waals surface area contributed by atoms with Gasteiger partial charge < -0.3 is 14.7 Å². The van der Waals surface area contributed by atoms with Crippen LogP contribution in [0.2, 0.25) is 0 Å². The molecule has 20 heavy (non-hydrogen) atoms. The van der Waals surface area contributed by atoms with E-state index in [0.717, 1.165) is 0 Å². The van der Waals surface area contributed by atoms with Gasteiger partial charge in [0, 0.05) is 25.3 Å².